The predicted octanol–water partition coefficient (Wildman–Crippen LogP) is 2.60. The fourth-order valence-electron chi connectivity index (χ4n) is 3.25. The van der Waals surface area contributed by atoms with Gasteiger partial charge in [0.1, 0.15) is 11.4 Å². The van der Waals surface area contributed by atoms with Crippen LogP contribution in [0.1, 0.15) is 12.0 Å². The minimum atomic E-state index is 0.0816. The van der Waals surface area contributed by atoms with Gasteiger partial charge in [0.2, 0.25) is 5.95 Å². The normalized spacial score (nSPS) is 18.1. The molecule has 1 fully saturated rings. The van der Waals surface area contributed by atoms with Crippen LogP contribution in [0.3, 0.4) is 0 Å². The van der Waals surface area contributed by atoms with Crippen molar-refractivity contribution in [2.75, 3.05) is 25.5 Å². The molecule has 1 atom stereocenters. The number of phenolic OH excluding ortho intramolecular Hbond substituents is 1. The molecule has 0 saturated carbocycles. The molecule has 8 heteroatoms. The third-order valence-electron chi connectivity index (χ3n) is 4.46. The van der Waals surface area contributed by atoms with Crippen molar-refractivity contribution in [3.8, 4) is 11.4 Å². The van der Waals surface area contributed by atoms with Gasteiger partial charge >= 0.3 is 0 Å². The molecule has 1 aliphatic heterocycles. The summed E-state index contributed by atoms with van der Waals surface area (Å²) in [6, 6.07) is 3.65. The van der Waals surface area contributed by atoms with Gasteiger partial charge in [-0.3, -0.25) is 0 Å². The summed E-state index contributed by atoms with van der Waals surface area (Å²) in [6.45, 7) is 3.93. The SMILES string of the molecule is Cc1cc(Cl)cc(O)c1-n1cc2cnc(N[C@@H]3CCN(C)C3)nc2n1. The summed E-state index contributed by atoms with van der Waals surface area (Å²) in [7, 11) is 2.11. The topological polar surface area (TPSA) is 79.1 Å². The number of halogens is 1. The molecule has 2 N–H and O–H groups in total. The highest BCUT2D eigenvalue weighted by atomic mass is 35.5. The van der Waals surface area contributed by atoms with Gasteiger partial charge in [0.25, 0.3) is 0 Å². The highest BCUT2D eigenvalue weighted by Crippen LogP contribution is 2.30. The van der Waals surface area contributed by atoms with E-state index >= 15 is 0 Å². The number of anilines is 1. The number of benzene rings is 1. The molecule has 1 aliphatic rings. The molecule has 3 heterocycles. The Morgan fingerprint density at radius 2 is 2.20 bits per heavy atom. The van der Waals surface area contributed by atoms with Crippen LogP contribution in [0.15, 0.2) is 24.5 Å². The first kappa shape index (κ1) is 16.1. The first-order chi connectivity index (χ1) is 12.0. The van der Waals surface area contributed by atoms with E-state index < -0.39 is 0 Å². The maximum atomic E-state index is 10.2. The zero-order valence-corrected chi connectivity index (χ0v) is 14.8. The van der Waals surface area contributed by atoms with Crippen LogP contribution in [-0.2, 0) is 0 Å². The van der Waals surface area contributed by atoms with Crippen LogP contribution in [0.2, 0.25) is 5.02 Å². The Balaban J connectivity index is 1.67. The zero-order chi connectivity index (χ0) is 17.6. The Kier molecular flexibility index (Phi) is 3.97. The minimum absolute atomic E-state index is 0.0816. The van der Waals surface area contributed by atoms with E-state index in [2.05, 4.69) is 32.3 Å². The van der Waals surface area contributed by atoms with Crippen LogP contribution < -0.4 is 5.32 Å². The number of rotatable bonds is 3. The van der Waals surface area contributed by atoms with E-state index in [1.807, 2.05) is 6.92 Å². The van der Waals surface area contributed by atoms with Gasteiger partial charge in [-0.2, -0.15) is 4.98 Å². The quantitative estimate of drug-likeness (QED) is 0.749. The van der Waals surface area contributed by atoms with E-state index in [1.54, 1.807) is 23.1 Å². The number of fused-ring (bicyclic) bond motifs is 1. The number of likely N-dealkylation sites (tertiary alicyclic amines) is 1. The lowest BCUT2D eigenvalue weighted by Crippen LogP contribution is -2.24. The molecule has 1 saturated heterocycles. The van der Waals surface area contributed by atoms with Gasteiger partial charge in [-0.1, -0.05) is 11.6 Å². The van der Waals surface area contributed by atoms with Gasteiger partial charge < -0.3 is 15.3 Å². The monoisotopic (exact) mass is 358 g/mol. The number of aromatic nitrogens is 4. The molecule has 2 aromatic heterocycles. The van der Waals surface area contributed by atoms with Gasteiger partial charge in [0, 0.05) is 36.1 Å². The number of nitrogens with zero attached hydrogens (tertiary/aromatic N) is 5. The summed E-state index contributed by atoms with van der Waals surface area (Å²) in [5.74, 6) is 0.660. The summed E-state index contributed by atoms with van der Waals surface area (Å²) >= 11 is 5.98. The number of phenols is 1. The van der Waals surface area contributed by atoms with Crippen molar-refractivity contribution < 1.29 is 5.11 Å². The molecule has 0 aliphatic carbocycles. The molecule has 0 amide bonds. The second kappa shape index (κ2) is 6.16. The van der Waals surface area contributed by atoms with Crippen molar-refractivity contribution in [2.45, 2.75) is 19.4 Å². The minimum Gasteiger partial charge on any atom is -0.506 e. The molecule has 0 bridgehead atoms. The molecule has 1 aromatic carbocycles. The largest absolute Gasteiger partial charge is 0.506 e. The van der Waals surface area contributed by atoms with Crippen LogP contribution in [0.5, 0.6) is 5.75 Å². The summed E-state index contributed by atoms with van der Waals surface area (Å²) < 4.78 is 1.62. The van der Waals surface area contributed by atoms with E-state index in [0.29, 0.717) is 28.3 Å². The van der Waals surface area contributed by atoms with Gasteiger partial charge in [-0.05, 0) is 38.6 Å². The summed E-state index contributed by atoms with van der Waals surface area (Å²) in [4.78, 5) is 11.2. The number of hydrogen-bond acceptors (Lipinski definition) is 6. The zero-order valence-electron chi connectivity index (χ0n) is 14.1. The maximum absolute atomic E-state index is 10.2. The molecule has 0 spiro atoms. The van der Waals surface area contributed by atoms with Crippen molar-refractivity contribution in [3.05, 3.63) is 35.1 Å². The lowest BCUT2D eigenvalue weighted by Gasteiger charge is -2.12. The first-order valence-corrected chi connectivity index (χ1v) is 8.54. The van der Waals surface area contributed by atoms with Gasteiger partial charge in [0.15, 0.2) is 5.65 Å². The van der Waals surface area contributed by atoms with Crippen molar-refractivity contribution in [1.29, 1.82) is 0 Å². The summed E-state index contributed by atoms with van der Waals surface area (Å²) in [6.07, 6.45) is 4.62. The highest BCUT2D eigenvalue weighted by molar-refractivity contribution is 6.30. The van der Waals surface area contributed by atoms with Crippen molar-refractivity contribution >= 4 is 28.6 Å². The third kappa shape index (κ3) is 3.12. The van der Waals surface area contributed by atoms with Gasteiger partial charge in [-0.15, -0.1) is 5.10 Å². The average Bonchev–Trinajstić information content (AvgIpc) is 3.12. The molecular formula is C17H19ClN6O. The van der Waals surface area contributed by atoms with E-state index in [0.717, 1.165) is 30.5 Å². The molecule has 130 valence electrons. The van der Waals surface area contributed by atoms with E-state index in [-0.39, 0.29) is 5.75 Å². The van der Waals surface area contributed by atoms with E-state index in [4.69, 9.17) is 11.6 Å². The second-order valence-corrected chi connectivity index (χ2v) is 6.97. The first-order valence-electron chi connectivity index (χ1n) is 8.16. The lowest BCUT2D eigenvalue weighted by atomic mass is 10.2. The van der Waals surface area contributed by atoms with Crippen LogP contribution >= 0.6 is 11.6 Å². The van der Waals surface area contributed by atoms with Crippen LogP contribution in [0, 0.1) is 6.92 Å². The van der Waals surface area contributed by atoms with Crippen LogP contribution in [0.4, 0.5) is 5.95 Å². The van der Waals surface area contributed by atoms with Crippen molar-refractivity contribution in [2.24, 2.45) is 0 Å². The molecule has 7 nitrogen and oxygen atoms in total. The highest BCUT2D eigenvalue weighted by Gasteiger charge is 2.20. The van der Waals surface area contributed by atoms with Crippen molar-refractivity contribution in [3.63, 3.8) is 0 Å². The lowest BCUT2D eigenvalue weighted by molar-refractivity contribution is 0.414. The molecule has 0 radical (unpaired) electrons. The predicted molar refractivity (Wildman–Crippen MR) is 97.6 cm³/mol. The number of likely N-dealkylation sites (N-methyl/N-ethyl adjacent to an activating group) is 1. The number of nitrogens with one attached hydrogen (secondary N) is 1. The van der Waals surface area contributed by atoms with Gasteiger partial charge in [-0.25, -0.2) is 9.67 Å². The third-order valence-corrected chi connectivity index (χ3v) is 4.68. The molecule has 0 unspecified atom stereocenters. The number of aryl methyl sites for hydroxylation is 1. The average molecular weight is 359 g/mol. The smallest absolute Gasteiger partial charge is 0.225 e. The molecule has 3 aromatic rings. The number of aromatic hydroxyl groups is 1. The summed E-state index contributed by atoms with van der Waals surface area (Å²) in [5.41, 5.74) is 2.00. The Morgan fingerprint density at radius 3 is 2.92 bits per heavy atom. The Hall–Kier alpha value is -2.38. The molecule has 25 heavy (non-hydrogen) atoms. The molecule has 4 rings (SSSR count). The van der Waals surface area contributed by atoms with Crippen LogP contribution in [0.25, 0.3) is 16.7 Å². The standard InChI is InChI=1S/C17H19ClN6O/c1-10-5-12(18)6-14(25)15(10)24-8-11-7-19-17(21-16(11)22-24)20-13-3-4-23(2)9-13/h5-8,13,25H,3-4,9H2,1-2H3,(H,20,21,22)/t13-/m1/s1. The fraction of sp³-hybridized carbons (Fsp3) is 0.353. The van der Waals surface area contributed by atoms with E-state index in [9.17, 15) is 5.11 Å². The maximum Gasteiger partial charge on any atom is 0.225 e. The van der Waals surface area contributed by atoms with Gasteiger partial charge in [0.05, 0.1) is 5.39 Å². The fourth-order valence-corrected chi connectivity index (χ4v) is 3.52. The Labute approximate surface area is 150 Å². The summed E-state index contributed by atoms with van der Waals surface area (Å²) in [5, 5.41) is 19.4. The second-order valence-electron chi connectivity index (χ2n) is 6.53. The number of hydrogen-bond donors (Lipinski definition) is 2. The van der Waals surface area contributed by atoms with E-state index in [1.165, 1.54) is 6.07 Å². The molecular weight excluding hydrogens is 340 g/mol. The van der Waals surface area contributed by atoms with Crippen molar-refractivity contribution in [1.82, 2.24) is 24.6 Å². The Morgan fingerprint density at radius 1 is 1.36 bits per heavy atom. The van der Waals surface area contributed by atoms with Crippen LogP contribution in [-0.4, -0.2) is 55.9 Å². The Bertz CT molecular complexity index is 917.